The summed E-state index contributed by atoms with van der Waals surface area (Å²) in [6, 6.07) is 20.4. The molecule has 0 radical (unpaired) electrons. The van der Waals surface area contributed by atoms with Crippen molar-refractivity contribution in [3.8, 4) is 28.6 Å². The minimum absolute atomic E-state index is 0.433. The molecule has 0 saturated heterocycles. The molecule has 0 N–H and O–H groups in total. The Balaban J connectivity index is 1.29. The number of ether oxygens (including phenoxy) is 5. The highest BCUT2D eigenvalue weighted by atomic mass is 32.2. The van der Waals surface area contributed by atoms with Crippen LogP contribution >= 0.6 is 11.8 Å². The second kappa shape index (κ2) is 14.0. The zero-order chi connectivity index (χ0) is 35.8. The van der Waals surface area contributed by atoms with E-state index in [1.807, 2.05) is 61.3 Å². The van der Waals surface area contributed by atoms with Crippen LogP contribution in [0.4, 0.5) is 11.6 Å². The minimum atomic E-state index is -1.18. The van der Waals surface area contributed by atoms with E-state index in [2.05, 4.69) is 50.4 Å². The third-order valence-electron chi connectivity index (χ3n) is 9.86. The molecule has 266 valence electrons. The van der Waals surface area contributed by atoms with Gasteiger partial charge in [-0.1, -0.05) is 47.3 Å². The van der Waals surface area contributed by atoms with Crippen LogP contribution in [0.25, 0.3) is 11.3 Å². The predicted octanol–water partition coefficient (Wildman–Crippen LogP) is 5.71. The molecule has 51 heavy (non-hydrogen) atoms. The van der Waals surface area contributed by atoms with Crippen LogP contribution in [-0.2, 0) is 41.3 Å². The molecule has 2 aliphatic heterocycles. The monoisotopic (exact) mass is 710 g/mol. The van der Waals surface area contributed by atoms with Gasteiger partial charge >= 0.3 is 0 Å². The molecule has 14 heteroatoms. The average molecular weight is 711 g/mol. The van der Waals surface area contributed by atoms with Crippen LogP contribution in [0.5, 0.6) is 17.4 Å². The average Bonchev–Trinajstić information content (AvgIpc) is 3.54. The van der Waals surface area contributed by atoms with E-state index < -0.39 is 11.4 Å². The second-order valence-electron chi connectivity index (χ2n) is 12.7. The van der Waals surface area contributed by atoms with Gasteiger partial charge in [-0.15, -0.1) is 5.10 Å². The van der Waals surface area contributed by atoms with Gasteiger partial charge in [-0.3, -0.25) is 0 Å². The largest absolute Gasteiger partial charge is 0.497 e. The predicted molar refractivity (Wildman–Crippen MR) is 194 cm³/mol. The van der Waals surface area contributed by atoms with Gasteiger partial charge in [0.2, 0.25) is 17.3 Å². The van der Waals surface area contributed by atoms with Crippen LogP contribution in [0.2, 0.25) is 0 Å². The van der Waals surface area contributed by atoms with E-state index in [1.54, 1.807) is 28.4 Å². The summed E-state index contributed by atoms with van der Waals surface area (Å²) in [5, 5.41) is 9.81. The van der Waals surface area contributed by atoms with Crippen molar-refractivity contribution in [2.45, 2.75) is 56.6 Å². The molecule has 5 heterocycles. The fourth-order valence-corrected chi connectivity index (χ4v) is 7.05. The van der Waals surface area contributed by atoms with Crippen LogP contribution in [-0.4, -0.2) is 77.0 Å². The summed E-state index contributed by atoms with van der Waals surface area (Å²) in [6.45, 7) is 6.71. The third-order valence-corrected chi connectivity index (χ3v) is 10.4. The SMILES string of the molecule is COc1ccc(CN(Cc2ccc(OC)cc2)c2ncccc2CN2CCn3nnc4c3-c3c(nc(SC)nc32)OC4(C)C(C)(OC)OC)cc1. The smallest absolute Gasteiger partial charge is 0.230 e. The Morgan fingerprint density at radius 1 is 0.902 bits per heavy atom. The molecular formula is C37H42N8O5S. The molecule has 1 unspecified atom stereocenters. The molecule has 0 bridgehead atoms. The maximum atomic E-state index is 6.75. The highest BCUT2D eigenvalue weighted by Crippen LogP contribution is 2.52. The number of hydrogen-bond acceptors (Lipinski definition) is 13. The summed E-state index contributed by atoms with van der Waals surface area (Å²) in [6.07, 6.45) is 3.80. The molecule has 0 fully saturated rings. The number of pyridine rings is 1. The molecule has 0 aliphatic carbocycles. The molecule has 2 aliphatic rings. The molecule has 3 aromatic heterocycles. The first kappa shape index (κ1) is 34.5. The van der Waals surface area contributed by atoms with Gasteiger partial charge in [0.1, 0.15) is 40.1 Å². The van der Waals surface area contributed by atoms with Crippen LogP contribution in [0.15, 0.2) is 72.0 Å². The van der Waals surface area contributed by atoms with Gasteiger partial charge in [-0.25, -0.2) is 14.6 Å². The fourth-order valence-electron chi connectivity index (χ4n) is 6.70. The maximum Gasteiger partial charge on any atom is 0.230 e. The van der Waals surface area contributed by atoms with E-state index in [-0.39, 0.29) is 0 Å². The number of nitrogens with zero attached hydrogens (tertiary/aromatic N) is 8. The number of thioether (sulfide) groups is 1. The lowest BCUT2D eigenvalue weighted by atomic mass is 9.87. The second-order valence-corrected chi connectivity index (χ2v) is 13.4. The van der Waals surface area contributed by atoms with Crippen molar-refractivity contribution in [2.75, 3.05) is 51.0 Å². The van der Waals surface area contributed by atoms with Crippen molar-refractivity contribution in [3.05, 3.63) is 89.2 Å². The molecule has 7 rings (SSSR count). The zero-order valence-electron chi connectivity index (χ0n) is 29.9. The topological polar surface area (TPSA) is 122 Å². The van der Waals surface area contributed by atoms with E-state index in [1.165, 1.54) is 11.8 Å². The summed E-state index contributed by atoms with van der Waals surface area (Å²) in [7, 11) is 6.54. The third kappa shape index (κ3) is 6.21. The summed E-state index contributed by atoms with van der Waals surface area (Å²) in [5.41, 5.74) is 4.32. The standard InChI is InChI=1S/C37H42N8O5S/c1-36(37(2,48-5)49-6)31-30-29-33(39-35(51-7)40-34(29)50-36)43(19-20-45(30)42-41-31)23-26-9-8-18-38-32(26)44(21-24-10-14-27(46-3)15-11-24)22-25-12-16-28(47-4)17-13-25/h8-18H,19-23H2,1-7H3. The highest BCUT2D eigenvalue weighted by Gasteiger charge is 2.57. The number of rotatable bonds is 13. The Labute approximate surface area is 301 Å². The molecule has 5 aromatic rings. The van der Waals surface area contributed by atoms with E-state index in [0.29, 0.717) is 49.5 Å². The molecule has 1 atom stereocenters. The Kier molecular flexibility index (Phi) is 9.48. The van der Waals surface area contributed by atoms with Gasteiger partial charge in [0.05, 0.1) is 20.8 Å². The number of methoxy groups -OCH3 is 4. The van der Waals surface area contributed by atoms with E-state index in [0.717, 1.165) is 51.1 Å². The molecule has 2 aromatic carbocycles. The lowest BCUT2D eigenvalue weighted by Crippen LogP contribution is -2.55. The van der Waals surface area contributed by atoms with Crippen molar-refractivity contribution in [2.24, 2.45) is 0 Å². The van der Waals surface area contributed by atoms with Crippen LogP contribution in [0.1, 0.15) is 36.2 Å². The summed E-state index contributed by atoms with van der Waals surface area (Å²) < 4.78 is 31.3. The fraction of sp³-hybridized carbons (Fsp3) is 0.378. The van der Waals surface area contributed by atoms with Crippen molar-refractivity contribution < 1.29 is 23.7 Å². The van der Waals surface area contributed by atoms with Gasteiger partial charge in [-0.05, 0) is 61.6 Å². The summed E-state index contributed by atoms with van der Waals surface area (Å²) >= 11 is 1.46. The van der Waals surface area contributed by atoms with Crippen molar-refractivity contribution >= 4 is 23.4 Å². The Hall–Kier alpha value is -4.92. The summed E-state index contributed by atoms with van der Waals surface area (Å²) in [5.74, 6) is 2.50. The quantitative estimate of drug-likeness (QED) is 0.0843. The normalized spacial score (nSPS) is 16.3. The molecule has 13 nitrogen and oxygen atoms in total. The number of benzene rings is 2. The van der Waals surface area contributed by atoms with Crippen LogP contribution < -0.4 is 24.0 Å². The van der Waals surface area contributed by atoms with Gasteiger partial charge in [0, 0.05) is 52.2 Å². The van der Waals surface area contributed by atoms with Gasteiger partial charge in [0.25, 0.3) is 0 Å². The van der Waals surface area contributed by atoms with Crippen LogP contribution in [0.3, 0.4) is 0 Å². The van der Waals surface area contributed by atoms with Gasteiger partial charge in [0.15, 0.2) is 5.16 Å². The molecule has 0 saturated carbocycles. The lowest BCUT2D eigenvalue weighted by Gasteiger charge is -2.44. The zero-order valence-corrected chi connectivity index (χ0v) is 30.7. The van der Waals surface area contributed by atoms with Gasteiger partial charge in [-0.2, -0.15) is 4.98 Å². The first-order valence-electron chi connectivity index (χ1n) is 16.6. The number of hydrogen-bond donors (Lipinski definition) is 0. The summed E-state index contributed by atoms with van der Waals surface area (Å²) in [4.78, 5) is 19.5. The maximum absolute atomic E-state index is 6.75. The molecule has 0 spiro atoms. The Morgan fingerprint density at radius 3 is 2.14 bits per heavy atom. The highest BCUT2D eigenvalue weighted by molar-refractivity contribution is 7.98. The number of aromatic nitrogens is 6. The van der Waals surface area contributed by atoms with Crippen LogP contribution in [0, 0.1) is 0 Å². The van der Waals surface area contributed by atoms with Crippen molar-refractivity contribution in [1.29, 1.82) is 0 Å². The first-order valence-corrected chi connectivity index (χ1v) is 17.9. The number of anilines is 2. The molecular weight excluding hydrogens is 669 g/mol. The van der Waals surface area contributed by atoms with E-state index >= 15 is 0 Å². The minimum Gasteiger partial charge on any atom is -0.497 e. The Bertz CT molecular complexity index is 1950. The first-order chi connectivity index (χ1) is 24.7. The lowest BCUT2D eigenvalue weighted by molar-refractivity contribution is -0.284. The van der Waals surface area contributed by atoms with E-state index in [9.17, 15) is 0 Å². The van der Waals surface area contributed by atoms with Gasteiger partial charge < -0.3 is 33.5 Å². The van der Waals surface area contributed by atoms with E-state index in [4.69, 9.17) is 38.6 Å². The van der Waals surface area contributed by atoms with Crippen molar-refractivity contribution in [1.82, 2.24) is 29.9 Å². The Morgan fingerprint density at radius 2 is 1.55 bits per heavy atom. The van der Waals surface area contributed by atoms with Crippen molar-refractivity contribution in [3.63, 3.8) is 0 Å². The molecule has 0 amide bonds.